The number of carbonyl (C=O) groups is 1. The van der Waals surface area contributed by atoms with E-state index in [0.29, 0.717) is 18.7 Å². The van der Waals surface area contributed by atoms with Gasteiger partial charge in [0.05, 0.1) is 12.2 Å². The molecule has 0 bridgehead atoms. The van der Waals surface area contributed by atoms with Crippen molar-refractivity contribution in [2.24, 2.45) is 0 Å². The molecule has 1 aliphatic rings. The summed E-state index contributed by atoms with van der Waals surface area (Å²) in [6.45, 7) is 7.18. The lowest BCUT2D eigenvalue weighted by Crippen LogP contribution is -2.48. The Balaban J connectivity index is 2.17. The largest absolute Gasteiger partial charge is 0.399 e. The Labute approximate surface area is 108 Å². The number of morpholine rings is 1. The van der Waals surface area contributed by atoms with Crippen molar-refractivity contribution >= 4 is 11.6 Å². The van der Waals surface area contributed by atoms with Crippen molar-refractivity contribution in [3.05, 3.63) is 29.3 Å². The van der Waals surface area contributed by atoms with Crippen LogP contribution in [-0.2, 0) is 4.74 Å². The molecule has 18 heavy (non-hydrogen) atoms. The van der Waals surface area contributed by atoms with E-state index in [4.69, 9.17) is 10.5 Å². The highest BCUT2D eigenvalue weighted by atomic mass is 16.5. The first-order valence-electron chi connectivity index (χ1n) is 6.28. The Morgan fingerprint density at radius 3 is 2.50 bits per heavy atom. The molecule has 1 fully saturated rings. The predicted octanol–water partition coefficient (Wildman–Crippen LogP) is 1.83. The summed E-state index contributed by atoms with van der Waals surface area (Å²) in [5.41, 5.74) is 8.12. The number of nitrogens with zero attached hydrogens (tertiary/aromatic N) is 1. The third-order valence-corrected chi connectivity index (χ3v) is 3.22. The molecular weight excluding hydrogens is 228 g/mol. The predicted molar refractivity (Wildman–Crippen MR) is 71.5 cm³/mol. The van der Waals surface area contributed by atoms with E-state index in [1.807, 2.05) is 31.7 Å². The van der Waals surface area contributed by atoms with Crippen LogP contribution in [0.3, 0.4) is 0 Å². The third-order valence-electron chi connectivity index (χ3n) is 3.22. The molecule has 2 N–H and O–H groups in total. The maximum atomic E-state index is 12.4. The molecule has 0 saturated carbocycles. The van der Waals surface area contributed by atoms with Crippen molar-refractivity contribution in [3.63, 3.8) is 0 Å². The van der Waals surface area contributed by atoms with E-state index >= 15 is 0 Å². The molecule has 1 heterocycles. The minimum absolute atomic E-state index is 0.0556. The molecule has 0 unspecified atom stereocenters. The first-order valence-corrected chi connectivity index (χ1v) is 6.28. The molecule has 1 amide bonds. The molecular formula is C14H20N2O2. The van der Waals surface area contributed by atoms with Gasteiger partial charge in [-0.2, -0.15) is 0 Å². The van der Waals surface area contributed by atoms with Gasteiger partial charge >= 0.3 is 0 Å². The fourth-order valence-electron chi connectivity index (χ4n) is 2.34. The second kappa shape index (κ2) is 4.98. The van der Waals surface area contributed by atoms with Crippen LogP contribution < -0.4 is 5.73 Å². The molecule has 1 aromatic rings. The molecule has 4 heteroatoms. The molecule has 0 aliphatic carbocycles. The third kappa shape index (κ3) is 2.64. The van der Waals surface area contributed by atoms with Gasteiger partial charge in [-0.1, -0.05) is 0 Å². The molecule has 0 spiro atoms. The zero-order chi connectivity index (χ0) is 13.3. The number of nitrogens with two attached hydrogens (primary N) is 1. The van der Waals surface area contributed by atoms with Crippen LogP contribution in [0.2, 0.25) is 0 Å². The summed E-state index contributed by atoms with van der Waals surface area (Å²) in [7, 11) is 0. The molecule has 4 nitrogen and oxygen atoms in total. The summed E-state index contributed by atoms with van der Waals surface area (Å²) < 4.78 is 5.63. The number of carbonyl (C=O) groups excluding carboxylic acids is 1. The SMILES string of the molecule is Cc1cc(C(=O)N2C[C@H](C)O[C@@H](C)C2)ccc1N. The zero-order valence-electron chi connectivity index (χ0n) is 11.1. The van der Waals surface area contributed by atoms with Gasteiger partial charge in [0, 0.05) is 24.3 Å². The molecule has 1 aromatic carbocycles. The second-order valence-corrected chi connectivity index (χ2v) is 5.04. The van der Waals surface area contributed by atoms with Gasteiger partial charge in [0.15, 0.2) is 0 Å². The van der Waals surface area contributed by atoms with Crippen LogP contribution in [0.25, 0.3) is 0 Å². The van der Waals surface area contributed by atoms with Gasteiger partial charge in [-0.05, 0) is 44.5 Å². The Hall–Kier alpha value is -1.55. The lowest BCUT2D eigenvalue weighted by molar-refractivity contribution is -0.0586. The molecule has 2 atom stereocenters. The average molecular weight is 248 g/mol. The van der Waals surface area contributed by atoms with Crippen LogP contribution in [0.1, 0.15) is 29.8 Å². The van der Waals surface area contributed by atoms with Crippen molar-refractivity contribution in [1.82, 2.24) is 4.90 Å². The summed E-state index contributed by atoms with van der Waals surface area (Å²) in [6.07, 6.45) is 0.181. The van der Waals surface area contributed by atoms with Gasteiger partial charge in [-0.3, -0.25) is 4.79 Å². The normalized spacial score (nSPS) is 24.1. The van der Waals surface area contributed by atoms with E-state index in [2.05, 4.69) is 0 Å². The topological polar surface area (TPSA) is 55.6 Å². The minimum Gasteiger partial charge on any atom is -0.399 e. The molecule has 1 aliphatic heterocycles. The second-order valence-electron chi connectivity index (χ2n) is 5.04. The highest BCUT2D eigenvalue weighted by Crippen LogP contribution is 2.17. The Morgan fingerprint density at radius 1 is 1.33 bits per heavy atom. The fraction of sp³-hybridized carbons (Fsp3) is 0.500. The number of nitrogen functional groups attached to an aromatic ring is 1. The Kier molecular flexibility index (Phi) is 3.57. The van der Waals surface area contributed by atoms with Gasteiger partial charge in [-0.15, -0.1) is 0 Å². The van der Waals surface area contributed by atoms with Gasteiger partial charge in [0.1, 0.15) is 0 Å². The van der Waals surface area contributed by atoms with Crippen molar-refractivity contribution < 1.29 is 9.53 Å². The maximum Gasteiger partial charge on any atom is 0.254 e. The zero-order valence-corrected chi connectivity index (χ0v) is 11.1. The number of aryl methyl sites for hydroxylation is 1. The first kappa shape index (κ1) is 12.9. The molecule has 2 rings (SSSR count). The summed E-state index contributed by atoms with van der Waals surface area (Å²) >= 11 is 0. The van der Waals surface area contributed by atoms with E-state index in [-0.39, 0.29) is 18.1 Å². The summed E-state index contributed by atoms with van der Waals surface area (Å²) in [5.74, 6) is 0.0556. The first-order chi connectivity index (χ1) is 8.47. The number of anilines is 1. The van der Waals surface area contributed by atoms with E-state index in [1.165, 1.54) is 0 Å². The molecule has 0 aromatic heterocycles. The number of hydrogen-bond donors (Lipinski definition) is 1. The number of hydrogen-bond acceptors (Lipinski definition) is 3. The van der Waals surface area contributed by atoms with E-state index < -0.39 is 0 Å². The van der Waals surface area contributed by atoms with Gasteiger partial charge in [-0.25, -0.2) is 0 Å². The maximum absolute atomic E-state index is 12.4. The van der Waals surface area contributed by atoms with Gasteiger partial charge in [0.2, 0.25) is 0 Å². The summed E-state index contributed by atoms with van der Waals surface area (Å²) in [6, 6.07) is 5.42. The van der Waals surface area contributed by atoms with Gasteiger partial charge in [0.25, 0.3) is 5.91 Å². The van der Waals surface area contributed by atoms with Crippen LogP contribution in [0, 0.1) is 6.92 Å². The standard InChI is InChI=1S/C14H20N2O2/c1-9-6-12(4-5-13(9)15)14(17)16-7-10(2)18-11(3)8-16/h4-6,10-11H,7-8,15H2,1-3H3/t10-,11-/m0/s1. The van der Waals surface area contributed by atoms with Crippen LogP contribution >= 0.6 is 0 Å². The molecule has 1 saturated heterocycles. The minimum atomic E-state index is 0.0556. The average Bonchev–Trinajstić information content (AvgIpc) is 2.30. The van der Waals surface area contributed by atoms with Gasteiger partial charge < -0.3 is 15.4 Å². The quantitative estimate of drug-likeness (QED) is 0.771. The van der Waals surface area contributed by atoms with Crippen molar-refractivity contribution in [2.75, 3.05) is 18.8 Å². The highest BCUT2D eigenvalue weighted by Gasteiger charge is 2.26. The van der Waals surface area contributed by atoms with Crippen molar-refractivity contribution in [1.29, 1.82) is 0 Å². The van der Waals surface area contributed by atoms with Crippen LogP contribution in [0.5, 0.6) is 0 Å². The number of ether oxygens (including phenoxy) is 1. The Bertz CT molecular complexity index is 449. The van der Waals surface area contributed by atoms with Crippen LogP contribution in [0.4, 0.5) is 5.69 Å². The van der Waals surface area contributed by atoms with Crippen molar-refractivity contribution in [2.45, 2.75) is 33.0 Å². The van der Waals surface area contributed by atoms with E-state index in [9.17, 15) is 4.79 Å². The Morgan fingerprint density at radius 2 is 1.94 bits per heavy atom. The summed E-state index contributed by atoms with van der Waals surface area (Å²) in [5, 5.41) is 0. The smallest absolute Gasteiger partial charge is 0.254 e. The lowest BCUT2D eigenvalue weighted by atomic mass is 10.1. The number of rotatable bonds is 1. The lowest BCUT2D eigenvalue weighted by Gasteiger charge is -2.35. The number of amides is 1. The molecule has 0 radical (unpaired) electrons. The monoisotopic (exact) mass is 248 g/mol. The highest BCUT2D eigenvalue weighted by molar-refractivity contribution is 5.95. The number of benzene rings is 1. The van der Waals surface area contributed by atoms with E-state index in [1.54, 1.807) is 12.1 Å². The van der Waals surface area contributed by atoms with Crippen LogP contribution in [0.15, 0.2) is 18.2 Å². The van der Waals surface area contributed by atoms with Crippen LogP contribution in [-0.4, -0.2) is 36.1 Å². The summed E-state index contributed by atoms with van der Waals surface area (Å²) in [4.78, 5) is 14.2. The van der Waals surface area contributed by atoms with Crippen molar-refractivity contribution in [3.8, 4) is 0 Å². The molecule has 98 valence electrons. The fourth-order valence-corrected chi connectivity index (χ4v) is 2.34. The van der Waals surface area contributed by atoms with E-state index in [0.717, 1.165) is 11.3 Å².